The second-order valence-corrected chi connectivity index (χ2v) is 7.47. The SMILES string of the molecule is O=S(=O)(NC1CCCCC1CO)N1CCCCCC1. The Morgan fingerprint density at radius 3 is 2.26 bits per heavy atom. The van der Waals surface area contributed by atoms with Crippen LogP contribution in [-0.2, 0) is 10.2 Å². The first-order chi connectivity index (χ1) is 9.13. The topological polar surface area (TPSA) is 69.6 Å². The second kappa shape index (κ2) is 7.02. The summed E-state index contributed by atoms with van der Waals surface area (Å²) in [5, 5.41) is 9.37. The summed E-state index contributed by atoms with van der Waals surface area (Å²) >= 11 is 0. The molecule has 112 valence electrons. The van der Waals surface area contributed by atoms with E-state index in [9.17, 15) is 13.5 Å². The second-order valence-electron chi connectivity index (χ2n) is 5.77. The molecule has 2 fully saturated rings. The molecule has 2 rings (SSSR count). The lowest BCUT2D eigenvalue weighted by molar-refractivity contribution is 0.163. The fourth-order valence-corrected chi connectivity index (χ4v) is 4.71. The zero-order chi connectivity index (χ0) is 13.7. The van der Waals surface area contributed by atoms with Crippen LogP contribution in [0.25, 0.3) is 0 Å². The fourth-order valence-electron chi connectivity index (χ4n) is 3.13. The van der Waals surface area contributed by atoms with Crippen LogP contribution < -0.4 is 4.72 Å². The van der Waals surface area contributed by atoms with Crippen molar-refractivity contribution in [1.29, 1.82) is 0 Å². The van der Waals surface area contributed by atoms with Crippen LogP contribution >= 0.6 is 0 Å². The van der Waals surface area contributed by atoms with E-state index >= 15 is 0 Å². The molecule has 6 heteroatoms. The van der Waals surface area contributed by atoms with Gasteiger partial charge in [-0.05, 0) is 31.6 Å². The van der Waals surface area contributed by atoms with E-state index in [2.05, 4.69) is 4.72 Å². The Morgan fingerprint density at radius 1 is 1.00 bits per heavy atom. The van der Waals surface area contributed by atoms with E-state index in [1.807, 2.05) is 0 Å². The highest BCUT2D eigenvalue weighted by molar-refractivity contribution is 7.87. The summed E-state index contributed by atoms with van der Waals surface area (Å²) in [6, 6.07) is -0.0907. The van der Waals surface area contributed by atoms with Crippen molar-refractivity contribution in [3.8, 4) is 0 Å². The molecule has 2 N–H and O–H groups in total. The smallest absolute Gasteiger partial charge is 0.279 e. The van der Waals surface area contributed by atoms with Gasteiger partial charge in [0.25, 0.3) is 10.2 Å². The zero-order valence-corrected chi connectivity index (χ0v) is 12.4. The molecule has 0 bridgehead atoms. The first-order valence-electron chi connectivity index (χ1n) is 7.52. The predicted octanol–water partition coefficient (Wildman–Crippen LogP) is 1.25. The minimum Gasteiger partial charge on any atom is -0.396 e. The van der Waals surface area contributed by atoms with Gasteiger partial charge in [-0.1, -0.05) is 25.7 Å². The summed E-state index contributed by atoms with van der Waals surface area (Å²) < 4.78 is 29.2. The summed E-state index contributed by atoms with van der Waals surface area (Å²) in [7, 11) is -3.38. The summed E-state index contributed by atoms with van der Waals surface area (Å²) in [6.45, 7) is 1.34. The summed E-state index contributed by atoms with van der Waals surface area (Å²) in [6.07, 6.45) is 8.05. The Kier molecular flexibility index (Phi) is 5.62. The van der Waals surface area contributed by atoms with Crippen molar-refractivity contribution in [2.75, 3.05) is 19.7 Å². The molecule has 1 saturated heterocycles. The summed E-state index contributed by atoms with van der Waals surface area (Å²) in [5.74, 6) is 0.0792. The van der Waals surface area contributed by atoms with E-state index in [-0.39, 0.29) is 18.6 Å². The molecule has 1 saturated carbocycles. The molecule has 0 aromatic rings. The molecule has 19 heavy (non-hydrogen) atoms. The third-order valence-corrected chi connectivity index (χ3v) is 5.99. The van der Waals surface area contributed by atoms with Crippen LogP contribution in [0.5, 0.6) is 0 Å². The molecule has 5 nitrogen and oxygen atoms in total. The van der Waals surface area contributed by atoms with Crippen molar-refractivity contribution >= 4 is 10.2 Å². The van der Waals surface area contributed by atoms with E-state index in [1.54, 1.807) is 4.31 Å². The number of aliphatic hydroxyl groups is 1. The van der Waals surface area contributed by atoms with Crippen molar-refractivity contribution in [3.63, 3.8) is 0 Å². The Balaban J connectivity index is 1.98. The average Bonchev–Trinajstić information content (AvgIpc) is 2.68. The van der Waals surface area contributed by atoms with Gasteiger partial charge in [0.05, 0.1) is 0 Å². The van der Waals surface area contributed by atoms with Crippen LogP contribution in [0.2, 0.25) is 0 Å². The molecular formula is C13H26N2O3S. The third-order valence-electron chi connectivity index (χ3n) is 4.35. The van der Waals surface area contributed by atoms with Gasteiger partial charge in [-0.3, -0.25) is 0 Å². The normalized spacial score (nSPS) is 31.0. The van der Waals surface area contributed by atoms with Gasteiger partial charge in [0.2, 0.25) is 0 Å². The highest BCUT2D eigenvalue weighted by atomic mass is 32.2. The van der Waals surface area contributed by atoms with Crippen LogP contribution in [0.15, 0.2) is 0 Å². The maximum Gasteiger partial charge on any atom is 0.279 e. The molecule has 0 aromatic carbocycles. The van der Waals surface area contributed by atoms with Crippen molar-refractivity contribution in [2.45, 2.75) is 57.4 Å². The molecule has 1 heterocycles. The quantitative estimate of drug-likeness (QED) is 0.818. The van der Waals surface area contributed by atoms with Gasteiger partial charge in [0.1, 0.15) is 0 Å². The van der Waals surface area contributed by atoms with E-state index in [0.717, 1.165) is 51.4 Å². The maximum absolute atomic E-state index is 12.4. The Labute approximate surface area is 116 Å². The van der Waals surface area contributed by atoms with Gasteiger partial charge in [0, 0.05) is 25.7 Å². The Bertz CT molecular complexity index is 364. The first kappa shape index (κ1) is 15.2. The minimum atomic E-state index is -3.38. The lowest BCUT2D eigenvalue weighted by Crippen LogP contribution is -2.49. The Morgan fingerprint density at radius 2 is 1.63 bits per heavy atom. The molecule has 0 radical (unpaired) electrons. The Hall–Kier alpha value is -0.170. The van der Waals surface area contributed by atoms with Crippen LogP contribution in [0.4, 0.5) is 0 Å². The van der Waals surface area contributed by atoms with Gasteiger partial charge >= 0.3 is 0 Å². The summed E-state index contributed by atoms with van der Waals surface area (Å²) in [5.41, 5.74) is 0. The van der Waals surface area contributed by atoms with Crippen LogP contribution in [-0.4, -0.2) is 43.6 Å². The average molecular weight is 290 g/mol. The number of aliphatic hydroxyl groups excluding tert-OH is 1. The lowest BCUT2D eigenvalue weighted by atomic mass is 9.86. The molecule has 2 atom stereocenters. The first-order valence-corrected chi connectivity index (χ1v) is 8.96. The minimum absolute atomic E-state index is 0.0766. The number of rotatable bonds is 4. The molecule has 0 spiro atoms. The van der Waals surface area contributed by atoms with Gasteiger partial charge < -0.3 is 5.11 Å². The maximum atomic E-state index is 12.4. The van der Waals surface area contributed by atoms with Crippen LogP contribution in [0.1, 0.15) is 51.4 Å². The molecule has 0 amide bonds. The third kappa shape index (κ3) is 4.15. The molecule has 0 aromatic heterocycles. The number of nitrogens with one attached hydrogen (secondary N) is 1. The van der Waals surface area contributed by atoms with E-state index in [1.165, 1.54) is 0 Å². The van der Waals surface area contributed by atoms with E-state index < -0.39 is 10.2 Å². The number of nitrogens with zero attached hydrogens (tertiary/aromatic N) is 1. The van der Waals surface area contributed by atoms with Gasteiger partial charge in [-0.25, -0.2) is 0 Å². The largest absolute Gasteiger partial charge is 0.396 e. The lowest BCUT2D eigenvalue weighted by Gasteiger charge is -2.32. The van der Waals surface area contributed by atoms with Crippen molar-refractivity contribution in [2.24, 2.45) is 5.92 Å². The summed E-state index contributed by atoms with van der Waals surface area (Å²) in [4.78, 5) is 0. The molecule has 2 aliphatic rings. The van der Waals surface area contributed by atoms with Crippen LogP contribution in [0, 0.1) is 5.92 Å². The van der Waals surface area contributed by atoms with Crippen molar-refractivity contribution < 1.29 is 13.5 Å². The van der Waals surface area contributed by atoms with E-state index in [4.69, 9.17) is 0 Å². The monoisotopic (exact) mass is 290 g/mol. The highest BCUT2D eigenvalue weighted by Gasteiger charge is 2.31. The van der Waals surface area contributed by atoms with Gasteiger partial charge in [-0.15, -0.1) is 0 Å². The molecular weight excluding hydrogens is 264 g/mol. The van der Waals surface area contributed by atoms with Crippen molar-refractivity contribution in [3.05, 3.63) is 0 Å². The van der Waals surface area contributed by atoms with Gasteiger partial charge in [0.15, 0.2) is 0 Å². The number of hydrogen-bond donors (Lipinski definition) is 2. The fraction of sp³-hybridized carbons (Fsp3) is 1.00. The van der Waals surface area contributed by atoms with Gasteiger partial charge in [-0.2, -0.15) is 17.4 Å². The zero-order valence-electron chi connectivity index (χ0n) is 11.6. The standard InChI is InChI=1S/C13H26N2O3S/c16-11-12-7-3-4-8-13(12)14-19(17,18)15-9-5-1-2-6-10-15/h12-14,16H,1-11H2. The predicted molar refractivity (Wildman–Crippen MR) is 74.9 cm³/mol. The highest BCUT2D eigenvalue weighted by Crippen LogP contribution is 2.25. The van der Waals surface area contributed by atoms with Crippen molar-refractivity contribution in [1.82, 2.24) is 9.03 Å². The molecule has 1 aliphatic heterocycles. The molecule has 2 unspecified atom stereocenters. The van der Waals surface area contributed by atoms with Crippen LogP contribution in [0.3, 0.4) is 0 Å². The number of hydrogen-bond acceptors (Lipinski definition) is 3. The van der Waals surface area contributed by atoms with E-state index in [0.29, 0.717) is 13.1 Å². The molecule has 1 aliphatic carbocycles.